The van der Waals surface area contributed by atoms with Crippen LogP contribution in [0.4, 0.5) is 11.6 Å². The van der Waals surface area contributed by atoms with E-state index in [0.29, 0.717) is 18.5 Å². The van der Waals surface area contributed by atoms with Gasteiger partial charge in [-0.1, -0.05) is 6.42 Å². The van der Waals surface area contributed by atoms with Crippen molar-refractivity contribution in [1.82, 2.24) is 9.97 Å². The molecule has 0 spiro atoms. The van der Waals surface area contributed by atoms with Gasteiger partial charge in [-0.2, -0.15) is 10.2 Å². The highest BCUT2D eigenvalue weighted by Gasteiger charge is 2.26. The number of nitrogens with one attached hydrogen (secondary N) is 1. The van der Waals surface area contributed by atoms with E-state index in [0.717, 1.165) is 12.8 Å². The number of ether oxygens (including phenoxy) is 1. The molecule has 1 aromatic heterocycles. The minimum atomic E-state index is -3.77. The molecule has 1 aliphatic carbocycles. The van der Waals surface area contributed by atoms with Crippen LogP contribution in [0.1, 0.15) is 31.2 Å². The van der Waals surface area contributed by atoms with Crippen LogP contribution in [0.25, 0.3) is 0 Å². The number of aliphatic hydroxyl groups excluding tert-OH is 1. The number of nitriles is 1. The lowest BCUT2D eigenvalue weighted by atomic mass is 9.95. The molecule has 0 unspecified atom stereocenters. The molecule has 1 aliphatic rings. The van der Waals surface area contributed by atoms with E-state index in [1.54, 1.807) is 0 Å². The Kier molecular flexibility index (Phi) is 5.55. The van der Waals surface area contributed by atoms with Crippen molar-refractivity contribution in [2.24, 2.45) is 5.14 Å². The van der Waals surface area contributed by atoms with Gasteiger partial charge in [-0.05, 0) is 43.5 Å². The number of aliphatic hydroxyl groups is 1. The molecule has 2 atom stereocenters. The summed E-state index contributed by atoms with van der Waals surface area (Å²) < 4.78 is 28.4. The van der Waals surface area contributed by atoms with Crippen molar-refractivity contribution in [1.29, 1.82) is 5.26 Å². The van der Waals surface area contributed by atoms with Crippen molar-refractivity contribution in [2.45, 2.75) is 42.8 Å². The van der Waals surface area contributed by atoms with Crippen LogP contribution in [-0.2, 0) is 10.0 Å². The van der Waals surface area contributed by atoms with Crippen LogP contribution in [0.5, 0.6) is 5.88 Å². The maximum Gasteiger partial charge on any atom is 0.238 e. The minimum absolute atomic E-state index is 0.0101. The van der Waals surface area contributed by atoms with Crippen LogP contribution in [-0.4, -0.2) is 35.7 Å². The molecule has 1 fully saturated rings. The molecule has 1 saturated carbocycles. The summed E-state index contributed by atoms with van der Waals surface area (Å²) >= 11 is 0. The number of anilines is 2. The van der Waals surface area contributed by atoms with Gasteiger partial charge in [-0.15, -0.1) is 0 Å². The molecule has 9 nitrogen and oxygen atoms in total. The van der Waals surface area contributed by atoms with Crippen LogP contribution < -0.4 is 15.2 Å². The molecule has 1 aromatic carbocycles. The van der Waals surface area contributed by atoms with Gasteiger partial charge in [0.05, 0.1) is 17.2 Å². The Labute approximate surface area is 156 Å². The molecule has 10 heteroatoms. The molecule has 3 rings (SSSR count). The lowest BCUT2D eigenvalue weighted by Gasteiger charge is -2.27. The number of rotatable bonds is 5. The zero-order valence-electron chi connectivity index (χ0n) is 14.4. The fourth-order valence-corrected chi connectivity index (χ4v) is 3.32. The Hall–Kier alpha value is -2.74. The normalized spacial score (nSPS) is 19.9. The Balaban J connectivity index is 1.79. The third-order valence-corrected chi connectivity index (χ3v) is 5.17. The van der Waals surface area contributed by atoms with E-state index >= 15 is 0 Å². The lowest BCUT2D eigenvalue weighted by molar-refractivity contribution is 0.00436. The van der Waals surface area contributed by atoms with Crippen LogP contribution in [0, 0.1) is 11.3 Å². The number of sulfonamides is 1. The van der Waals surface area contributed by atoms with Crippen molar-refractivity contribution in [3.63, 3.8) is 0 Å². The second kappa shape index (κ2) is 7.87. The summed E-state index contributed by atoms with van der Waals surface area (Å²) in [5, 5.41) is 27.3. The summed E-state index contributed by atoms with van der Waals surface area (Å²) in [6, 6.07) is 7.73. The largest absolute Gasteiger partial charge is 0.471 e. The zero-order valence-corrected chi connectivity index (χ0v) is 15.2. The van der Waals surface area contributed by atoms with Crippen molar-refractivity contribution in [3.8, 4) is 11.9 Å². The molecule has 0 radical (unpaired) electrons. The van der Waals surface area contributed by atoms with Gasteiger partial charge in [0.2, 0.25) is 21.9 Å². The second-order valence-electron chi connectivity index (χ2n) is 6.23. The maximum absolute atomic E-state index is 11.3. The molecule has 0 amide bonds. The standard InChI is InChI=1S/C17H19N5O4S/c18-9-11-10-20-17(21-12-5-7-13(8-6-12)27(19,24)25)22-16(11)26-15-4-2-1-3-14(15)23/h5-8,10,14-15,23H,1-4H2,(H2,19,24,25)(H,20,21,22)/t14-,15+/m0/s1. The number of nitrogens with two attached hydrogens (primary N) is 1. The first-order valence-electron chi connectivity index (χ1n) is 8.38. The number of hydrogen-bond acceptors (Lipinski definition) is 8. The molecule has 2 aromatic rings. The highest BCUT2D eigenvalue weighted by Crippen LogP contribution is 2.26. The molecule has 27 heavy (non-hydrogen) atoms. The van der Waals surface area contributed by atoms with E-state index in [9.17, 15) is 18.8 Å². The Morgan fingerprint density at radius 1 is 1.26 bits per heavy atom. The lowest BCUT2D eigenvalue weighted by Crippen LogP contribution is -2.35. The van der Waals surface area contributed by atoms with Crippen LogP contribution >= 0.6 is 0 Å². The highest BCUT2D eigenvalue weighted by molar-refractivity contribution is 7.89. The van der Waals surface area contributed by atoms with Crippen molar-refractivity contribution in [2.75, 3.05) is 5.32 Å². The van der Waals surface area contributed by atoms with Crippen LogP contribution in [0.3, 0.4) is 0 Å². The predicted molar refractivity (Wildman–Crippen MR) is 96.7 cm³/mol. The summed E-state index contributed by atoms with van der Waals surface area (Å²) in [4.78, 5) is 8.27. The summed E-state index contributed by atoms with van der Waals surface area (Å²) in [6.45, 7) is 0. The first-order chi connectivity index (χ1) is 12.9. The summed E-state index contributed by atoms with van der Waals surface area (Å²) in [5.41, 5.74) is 0.707. The molecule has 142 valence electrons. The summed E-state index contributed by atoms with van der Waals surface area (Å²) in [6.07, 6.45) is 3.55. The molecule has 0 saturated heterocycles. The van der Waals surface area contributed by atoms with Gasteiger partial charge in [0.1, 0.15) is 17.7 Å². The summed E-state index contributed by atoms with van der Waals surface area (Å²) in [5.74, 6) is 0.278. The first-order valence-corrected chi connectivity index (χ1v) is 9.93. The molecular weight excluding hydrogens is 370 g/mol. The molecular formula is C17H19N5O4S. The molecule has 4 N–H and O–H groups in total. The number of nitrogens with zero attached hydrogens (tertiary/aromatic N) is 3. The quantitative estimate of drug-likeness (QED) is 0.694. The highest BCUT2D eigenvalue weighted by atomic mass is 32.2. The van der Waals surface area contributed by atoms with E-state index in [-0.39, 0.29) is 22.3 Å². The van der Waals surface area contributed by atoms with E-state index < -0.39 is 22.2 Å². The maximum atomic E-state index is 11.3. The third-order valence-electron chi connectivity index (χ3n) is 4.24. The minimum Gasteiger partial charge on any atom is -0.471 e. The number of benzene rings is 1. The Morgan fingerprint density at radius 2 is 1.96 bits per heavy atom. The average Bonchev–Trinajstić information content (AvgIpc) is 2.64. The first kappa shape index (κ1) is 19.0. The average molecular weight is 389 g/mol. The van der Waals surface area contributed by atoms with Crippen molar-refractivity contribution >= 4 is 21.7 Å². The van der Waals surface area contributed by atoms with E-state index in [2.05, 4.69) is 15.3 Å². The van der Waals surface area contributed by atoms with Gasteiger partial charge in [-0.3, -0.25) is 0 Å². The number of primary sulfonamides is 1. The van der Waals surface area contributed by atoms with E-state index in [1.165, 1.54) is 30.5 Å². The van der Waals surface area contributed by atoms with Crippen molar-refractivity contribution in [3.05, 3.63) is 36.0 Å². The predicted octanol–water partition coefficient (Wildman–Crippen LogP) is 1.42. The smallest absolute Gasteiger partial charge is 0.238 e. The SMILES string of the molecule is N#Cc1cnc(Nc2ccc(S(N)(=O)=O)cc2)nc1O[C@@H]1CCCC[C@@H]1O. The fourth-order valence-electron chi connectivity index (χ4n) is 2.81. The monoisotopic (exact) mass is 389 g/mol. The van der Waals surface area contributed by atoms with E-state index in [4.69, 9.17) is 9.88 Å². The fraction of sp³-hybridized carbons (Fsp3) is 0.353. The summed E-state index contributed by atoms with van der Waals surface area (Å²) in [7, 11) is -3.77. The van der Waals surface area contributed by atoms with Crippen LogP contribution in [0.15, 0.2) is 35.4 Å². The zero-order chi connectivity index (χ0) is 19.4. The van der Waals surface area contributed by atoms with Gasteiger partial charge in [0.15, 0.2) is 0 Å². The van der Waals surface area contributed by atoms with Gasteiger partial charge in [0.25, 0.3) is 0 Å². The van der Waals surface area contributed by atoms with Gasteiger partial charge in [0, 0.05) is 5.69 Å². The van der Waals surface area contributed by atoms with Gasteiger partial charge < -0.3 is 15.2 Å². The second-order valence-corrected chi connectivity index (χ2v) is 7.79. The number of aromatic nitrogens is 2. The Morgan fingerprint density at radius 3 is 2.59 bits per heavy atom. The van der Waals surface area contributed by atoms with Crippen LogP contribution in [0.2, 0.25) is 0 Å². The van der Waals surface area contributed by atoms with Crippen molar-refractivity contribution < 1.29 is 18.3 Å². The van der Waals surface area contributed by atoms with Gasteiger partial charge >= 0.3 is 0 Å². The topological polar surface area (TPSA) is 151 Å². The molecule has 0 aliphatic heterocycles. The number of hydrogen-bond donors (Lipinski definition) is 3. The molecule has 1 heterocycles. The molecule has 0 bridgehead atoms. The van der Waals surface area contributed by atoms with E-state index in [1.807, 2.05) is 6.07 Å². The van der Waals surface area contributed by atoms with Gasteiger partial charge in [-0.25, -0.2) is 18.5 Å². The third kappa shape index (κ3) is 4.71. The Bertz CT molecular complexity index is 956.